The first-order valence-electron chi connectivity index (χ1n) is 9.37. The van der Waals surface area contributed by atoms with Crippen LogP contribution in [0.15, 0.2) is 18.2 Å². The number of aryl methyl sites for hydroxylation is 1. The number of amides is 3. The molecule has 27 heavy (non-hydrogen) atoms. The Labute approximate surface area is 160 Å². The van der Waals surface area contributed by atoms with E-state index in [9.17, 15) is 14.4 Å². The van der Waals surface area contributed by atoms with Gasteiger partial charge < -0.3 is 20.2 Å². The third-order valence-electron chi connectivity index (χ3n) is 5.09. The number of carbonyl (C=O) groups is 3. The number of hydrogen-bond acceptors (Lipinski definition) is 3. The zero-order valence-corrected chi connectivity index (χ0v) is 16.5. The van der Waals surface area contributed by atoms with Crippen LogP contribution in [0.2, 0.25) is 0 Å². The summed E-state index contributed by atoms with van der Waals surface area (Å²) in [4.78, 5) is 39.2. The number of nitrogens with one attached hydrogen (secondary N) is 1. The number of likely N-dealkylation sites (tertiary alicyclic amines) is 1. The molecule has 1 aliphatic heterocycles. The summed E-state index contributed by atoms with van der Waals surface area (Å²) in [6, 6.07) is 5.11. The molecule has 2 N–H and O–H groups in total. The SMILES string of the molecule is Cc1cc(C(=O)N2CCCCC2C)ccc1NC(=O)N(C)CC(C)C(=O)O. The minimum Gasteiger partial charge on any atom is -0.481 e. The van der Waals surface area contributed by atoms with Crippen molar-refractivity contribution in [3.8, 4) is 0 Å². The molecule has 7 nitrogen and oxygen atoms in total. The second-order valence-electron chi connectivity index (χ2n) is 7.42. The number of carboxylic acid groups (broad SMARTS) is 1. The molecule has 0 bridgehead atoms. The van der Waals surface area contributed by atoms with Crippen molar-refractivity contribution >= 4 is 23.6 Å². The molecule has 1 fully saturated rings. The van der Waals surface area contributed by atoms with E-state index in [0.29, 0.717) is 11.3 Å². The summed E-state index contributed by atoms with van der Waals surface area (Å²) in [5.74, 6) is -1.57. The highest BCUT2D eigenvalue weighted by atomic mass is 16.4. The van der Waals surface area contributed by atoms with Crippen LogP contribution >= 0.6 is 0 Å². The third kappa shape index (κ3) is 5.21. The van der Waals surface area contributed by atoms with Gasteiger partial charge in [-0.05, 0) is 56.9 Å². The molecule has 148 valence electrons. The molecular weight excluding hydrogens is 346 g/mol. The minimum absolute atomic E-state index is 0.0237. The molecule has 0 aliphatic carbocycles. The van der Waals surface area contributed by atoms with Gasteiger partial charge in [-0.2, -0.15) is 0 Å². The molecule has 0 saturated carbocycles. The molecule has 2 rings (SSSR count). The van der Waals surface area contributed by atoms with Gasteiger partial charge in [0.1, 0.15) is 0 Å². The van der Waals surface area contributed by atoms with E-state index in [0.717, 1.165) is 31.4 Å². The highest BCUT2D eigenvalue weighted by Crippen LogP contribution is 2.22. The number of hydrogen-bond donors (Lipinski definition) is 2. The molecule has 1 aromatic carbocycles. The molecule has 2 atom stereocenters. The predicted octanol–water partition coefficient (Wildman–Crippen LogP) is 3.19. The number of nitrogens with zero attached hydrogens (tertiary/aromatic N) is 2. The first-order valence-corrected chi connectivity index (χ1v) is 9.37. The Morgan fingerprint density at radius 3 is 2.63 bits per heavy atom. The summed E-state index contributed by atoms with van der Waals surface area (Å²) in [6.07, 6.45) is 3.22. The van der Waals surface area contributed by atoms with Crippen LogP contribution in [0.25, 0.3) is 0 Å². The average molecular weight is 375 g/mol. The maximum Gasteiger partial charge on any atom is 0.321 e. The Morgan fingerprint density at radius 1 is 1.33 bits per heavy atom. The average Bonchev–Trinajstić information content (AvgIpc) is 2.62. The number of piperidine rings is 1. The fraction of sp³-hybridized carbons (Fsp3) is 0.550. The van der Waals surface area contributed by atoms with Crippen molar-refractivity contribution in [2.75, 3.05) is 25.5 Å². The third-order valence-corrected chi connectivity index (χ3v) is 5.09. The predicted molar refractivity (Wildman–Crippen MR) is 104 cm³/mol. The van der Waals surface area contributed by atoms with Gasteiger partial charge in [0.25, 0.3) is 5.91 Å². The van der Waals surface area contributed by atoms with Crippen LogP contribution < -0.4 is 5.32 Å². The van der Waals surface area contributed by atoms with Crippen LogP contribution in [0.5, 0.6) is 0 Å². The second kappa shape index (κ2) is 8.88. The first kappa shape index (κ1) is 20.7. The molecule has 0 spiro atoms. The second-order valence-corrected chi connectivity index (χ2v) is 7.42. The summed E-state index contributed by atoms with van der Waals surface area (Å²) in [5.41, 5.74) is 2.02. The van der Waals surface area contributed by atoms with Gasteiger partial charge in [-0.15, -0.1) is 0 Å². The number of carbonyl (C=O) groups excluding carboxylic acids is 2. The van der Waals surface area contributed by atoms with Crippen LogP contribution in [-0.4, -0.2) is 59.0 Å². The zero-order chi connectivity index (χ0) is 20.1. The molecular formula is C20H29N3O4. The minimum atomic E-state index is -0.944. The molecule has 1 saturated heterocycles. The van der Waals surface area contributed by atoms with Gasteiger partial charge in [0.05, 0.1) is 5.92 Å². The monoisotopic (exact) mass is 375 g/mol. The molecule has 0 radical (unpaired) electrons. The standard InChI is InChI=1S/C20H29N3O4/c1-13-11-16(18(24)23-10-6-5-7-15(23)3)8-9-17(13)21-20(27)22(4)12-14(2)19(25)26/h8-9,11,14-15H,5-7,10,12H2,1-4H3,(H,21,27)(H,25,26). The lowest BCUT2D eigenvalue weighted by Crippen LogP contribution is -2.42. The van der Waals surface area contributed by atoms with Crippen LogP contribution in [0, 0.1) is 12.8 Å². The van der Waals surface area contributed by atoms with Crippen molar-refractivity contribution in [3.63, 3.8) is 0 Å². The molecule has 3 amide bonds. The number of aliphatic carboxylic acids is 1. The lowest BCUT2D eigenvalue weighted by molar-refractivity contribution is -0.141. The van der Waals surface area contributed by atoms with Gasteiger partial charge in [0, 0.05) is 37.4 Å². The van der Waals surface area contributed by atoms with Crippen molar-refractivity contribution in [1.82, 2.24) is 9.80 Å². The Morgan fingerprint density at radius 2 is 2.04 bits per heavy atom. The van der Waals surface area contributed by atoms with Crippen molar-refractivity contribution in [3.05, 3.63) is 29.3 Å². The van der Waals surface area contributed by atoms with E-state index in [1.54, 1.807) is 32.2 Å². The number of benzene rings is 1. The van der Waals surface area contributed by atoms with E-state index in [2.05, 4.69) is 12.2 Å². The number of anilines is 1. The quantitative estimate of drug-likeness (QED) is 0.827. The van der Waals surface area contributed by atoms with Gasteiger partial charge >= 0.3 is 12.0 Å². The Kier molecular flexibility index (Phi) is 6.82. The van der Waals surface area contributed by atoms with E-state index >= 15 is 0 Å². The smallest absolute Gasteiger partial charge is 0.321 e. The molecule has 1 heterocycles. The van der Waals surface area contributed by atoms with E-state index in [1.165, 1.54) is 4.90 Å². The van der Waals surface area contributed by atoms with E-state index < -0.39 is 11.9 Å². The van der Waals surface area contributed by atoms with Crippen molar-refractivity contribution < 1.29 is 19.5 Å². The van der Waals surface area contributed by atoms with Gasteiger partial charge in [-0.25, -0.2) is 4.79 Å². The summed E-state index contributed by atoms with van der Waals surface area (Å²) in [5, 5.41) is 11.7. The highest BCUT2D eigenvalue weighted by Gasteiger charge is 2.24. The van der Waals surface area contributed by atoms with Crippen LogP contribution in [0.4, 0.5) is 10.5 Å². The van der Waals surface area contributed by atoms with Crippen LogP contribution in [0.3, 0.4) is 0 Å². The van der Waals surface area contributed by atoms with Gasteiger partial charge in [-0.3, -0.25) is 9.59 Å². The van der Waals surface area contributed by atoms with Crippen LogP contribution in [0.1, 0.15) is 49.0 Å². The van der Waals surface area contributed by atoms with Gasteiger partial charge in [-0.1, -0.05) is 6.92 Å². The van der Waals surface area contributed by atoms with Crippen LogP contribution in [-0.2, 0) is 4.79 Å². The summed E-state index contributed by atoms with van der Waals surface area (Å²) < 4.78 is 0. The summed E-state index contributed by atoms with van der Waals surface area (Å²) in [6.45, 7) is 6.37. The van der Waals surface area contributed by atoms with E-state index in [4.69, 9.17) is 5.11 Å². The number of rotatable bonds is 5. The van der Waals surface area contributed by atoms with Gasteiger partial charge in [0.15, 0.2) is 0 Å². The summed E-state index contributed by atoms with van der Waals surface area (Å²) in [7, 11) is 1.56. The van der Waals surface area contributed by atoms with E-state index in [-0.39, 0.29) is 24.5 Å². The lowest BCUT2D eigenvalue weighted by Gasteiger charge is -2.33. The molecule has 0 aromatic heterocycles. The maximum absolute atomic E-state index is 12.8. The summed E-state index contributed by atoms with van der Waals surface area (Å²) >= 11 is 0. The fourth-order valence-electron chi connectivity index (χ4n) is 3.29. The van der Waals surface area contributed by atoms with Crippen molar-refractivity contribution in [2.24, 2.45) is 5.92 Å². The van der Waals surface area contributed by atoms with Crippen molar-refractivity contribution in [1.29, 1.82) is 0 Å². The topological polar surface area (TPSA) is 90.0 Å². The number of carboxylic acids is 1. The molecule has 1 aromatic rings. The molecule has 7 heteroatoms. The normalized spacial score (nSPS) is 17.9. The maximum atomic E-state index is 12.8. The Hall–Kier alpha value is -2.57. The number of urea groups is 1. The molecule has 2 unspecified atom stereocenters. The lowest BCUT2D eigenvalue weighted by atomic mass is 10.0. The molecule has 1 aliphatic rings. The van der Waals surface area contributed by atoms with E-state index in [1.807, 2.05) is 11.8 Å². The van der Waals surface area contributed by atoms with Crippen molar-refractivity contribution in [2.45, 2.75) is 46.1 Å². The Bertz CT molecular complexity index is 719. The zero-order valence-electron chi connectivity index (χ0n) is 16.5. The first-order chi connectivity index (χ1) is 12.7. The largest absolute Gasteiger partial charge is 0.481 e. The fourth-order valence-corrected chi connectivity index (χ4v) is 3.29. The highest BCUT2D eigenvalue weighted by molar-refractivity contribution is 5.96. The van der Waals surface area contributed by atoms with Gasteiger partial charge in [0.2, 0.25) is 0 Å². The Balaban J connectivity index is 2.04.